The maximum Gasteiger partial charge on any atom is 0.239 e. The number of piperidine rings is 1. The number of fused-ring (bicyclic) bond motifs is 1. The summed E-state index contributed by atoms with van der Waals surface area (Å²) in [7, 11) is 0. The monoisotopic (exact) mass is 206 g/mol. The van der Waals surface area contributed by atoms with E-state index >= 15 is 0 Å². The van der Waals surface area contributed by atoms with E-state index in [9.17, 15) is 4.79 Å². The predicted molar refractivity (Wildman–Crippen MR) is 56.9 cm³/mol. The molecule has 3 heteroatoms. The lowest BCUT2D eigenvalue weighted by Gasteiger charge is -2.38. The molecule has 1 saturated carbocycles. The number of carbonyl (C=O) groups excluding carboxylic acids is 1. The summed E-state index contributed by atoms with van der Waals surface area (Å²) in [4.78, 5) is 14.0. The summed E-state index contributed by atoms with van der Waals surface area (Å²) in [5.74, 6) is 0.298. The molecule has 0 N–H and O–H groups in total. The molecule has 1 aliphatic carbocycles. The molecule has 3 unspecified atom stereocenters. The van der Waals surface area contributed by atoms with Gasteiger partial charge in [0.2, 0.25) is 5.91 Å². The Morgan fingerprint density at radius 3 is 2.87 bits per heavy atom. The molecule has 0 aromatic rings. The third-order valence-corrected chi connectivity index (χ3v) is 3.84. The third kappa shape index (κ3) is 1.86. The minimum absolute atomic E-state index is 0.0501. The molecular formula is C12H18N2O. The average Bonchev–Trinajstić information content (AvgIpc) is 2.74. The third-order valence-electron chi connectivity index (χ3n) is 3.84. The van der Waals surface area contributed by atoms with Crippen LogP contribution in [-0.4, -0.2) is 23.4 Å². The van der Waals surface area contributed by atoms with Crippen molar-refractivity contribution >= 4 is 5.91 Å². The molecule has 2 rings (SSSR count). The minimum Gasteiger partial charge on any atom is -0.338 e. The van der Waals surface area contributed by atoms with E-state index in [1.54, 1.807) is 6.92 Å². The highest BCUT2D eigenvalue weighted by atomic mass is 16.2. The van der Waals surface area contributed by atoms with Gasteiger partial charge in [-0.2, -0.15) is 5.26 Å². The molecule has 2 fully saturated rings. The fourth-order valence-corrected chi connectivity index (χ4v) is 3.03. The van der Waals surface area contributed by atoms with Crippen LogP contribution in [0, 0.1) is 23.2 Å². The zero-order valence-electron chi connectivity index (χ0n) is 9.28. The van der Waals surface area contributed by atoms with Crippen LogP contribution in [-0.2, 0) is 4.79 Å². The van der Waals surface area contributed by atoms with Crippen LogP contribution in [0.2, 0.25) is 0 Å². The Morgan fingerprint density at radius 2 is 2.13 bits per heavy atom. The van der Waals surface area contributed by atoms with Crippen LogP contribution in [0.4, 0.5) is 0 Å². The standard InChI is InChI=1S/C12H18N2O/c1-9(8-13)12(15)14-7-3-5-10-4-2-6-11(10)14/h9-11H,2-7H2,1H3. The summed E-state index contributed by atoms with van der Waals surface area (Å²) in [6.45, 7) is 2.58. The van der Waals surface area contributed by atoms with Gasteiger partial charge in [-0.25, -0.2) is 0 Å². The number of hydrogen-bond acceptors (Lipinski definition) is 2. The zero-order valence-corrected chi connectivity index (χ0v) is 9.28. The van der Waals surface area contributed by atoms with Crippen molar-refractivity contribution in [3.8, 4) is 6.07 Å². The molecule has 1 aliphatic heterocycles. The molecule has 15 heavy (non-hydrogen) atoms. The van der Waals surface area contributed by atoms with Gasteiger partial charge in [0.15, 0.2) is 0 Å². The lowest BCUT2D eigenvalue weighted by molar-refractivity contribution is -0.138. The van der Waals surface area contributed by atoms with Crippen LogP contribution >= 0.6 is 0 Å². The van der Waals surface area contributed by atoms with E-state index in [0.29, 0.717) is 12.0 Å². The van der Waals surface area contributed by atoms with Gasteiger partial charge in [0.05, 0.1) is 6.07 Å². The van der Waals surface area contributed by atoms with Crippen LogP contribution in [0.3, 0.4) is 0 Å². The molecule has 2 aliphatic rings. The van der Waals surface area contributed by atoms with E-state index in [1.807, 2.05) is 4.90 Å². The first-order valence-electron chi connectivity index (χ1n) is 5.94. The van der Waals surface area contributed by atoms with Crippen molar-refractivity contribution in [2.24, 2.45) is 11.8 Å². The first kappa shape index (κ1) is 10.5. The van der Waals surface area contributed by atoms with Crippen molar-refractivity contribution in [3.63, 3.8) is 0 Å². The Kier molecular flexibility index (Phi) is 2.95. The van der Waals surface area contributed by atoms with E-state index in [4.69, 9.17) is 5.26 Å². The Hall–Kier alpha value is -1.04. The highest BCUT2D eigenvalue weighted by Crippen LogP contribution is 2.37. The zero-order chi connectivity index (χ0) is 10.8. The van der Waals surface area contributed by atoms with Crippen molar-refractivity contribution in [2.75, 3.05) is 6.54 Å². The Labute approximate surface area is 91.1 Å². The number of hydrogen-bond donors (Lipinski definition) is 0. The van der Waals surface area contributed by atoms with Crippen LogP contribution in [0.15, 0.2) is 0 Å². The fraction of sp³-hybridized carbons (Fsp3) is 0.833. The Bertz CT molecular complexity index is 294. The molecule has 1 heterocycles. The number of carbonyl (C=O) groups is 1. The van der Waals surface area contributed by atoms with Gasteiger partial charge in [0.25, 0.3) is 0 Å². The molecule has 0 spiro atoms. The van der Waals surface area contributed by atoms with Gasteiger partial charge in [-0.1, -0.05) is 6.42 Å². The van der Waals surface area contributed by atoms with Crippen molar-refractivity contribution in [2.45, 2.75) is 45.1 Å². The first-order valence-corrected chi connectivity index (χ1v) is 5.94. The molecule has 1 amide bonds. The molecule has 3 nitrogen and oxygen atoms in total. The Morgan fingerprint density at radius 1 is 1.40 bits per heavy atom. The largest absolute Gasteiger partial charge is 0.338 e. The summed E-state index contributed by atoms with van der Waals surface area (Å²) in [6.07, 6.45) is 6.06. The van der Waals surface area contributed by atoms with Gasteiger partial charge in [-0.15, -0.1) is 0 Å². The van der Waals surface area contributed by atoms with E-state index in [1.165, 1.54) is 19.3 Å². The van der Waals surface area contributed by atoms with Crippen LogP contribution in [0.1, 0.15) is 39.0 Å². The predicted octanol–water partition coefficient (Wildman–Crippen LogP) is 1.94. The van der Waals surface area contributed by atoms with Crippen molar-refractivity contribution in [3.05, 3.63) is 0 Å². The second-order valence-corrected chi connectivity index (χ2v) is 4.78. The molecular weight excluding hydrogens is 188 g/mol. The molecule has 0 bridgehead atoms. The van der Waals surface area contributed by atoms with E-state index < -0.39 is 5.92 Å². The summed E-state index contributed by atoms with van der Waals surface area (Å²) < 4.78 is 0. The van der Waals surface area contributed by atoms with E-state index in [2.05, 4.69) is 6.07 Å². The number of nitrogens with zero attached hydrogens (tertiary/aromatic N) is 2. The lowest BCUT2D eigenvalue weighted by atomic mass is 9.91. The second kappa shape index (κ2) is 4.22. The normalized spacial score (nSPS) is 31.9. The number of nitriles is 1. The Balaban J connectivity index is 2.08. The second-order valence-electron chi connectivity index (χ2n) is 4.78. The van der Waals surface area contributed by atoms with Gasteiger partial charge in [0.1, 0.15) is 5.92 Å². The maximum absolute atomic E-state index is 12.0. The van der Waals surface area contributed by atoms with E-state index in [0.717, 1.165) is 19.4 Å². The summed E-state index contributed by atoms with van der Waals surface area (Å²) >= 11 is 0. The molecule has 3 atom stereocenters. The summed E-state index contributed by atoms with van der Waals surface area (Å²) in [5, 5.41) is 8.78. The van der Waals surface area contributed by atoms with Gasteiger partial charge < -0.3 is 4.90 Å². The summed E-state index contributed by atoms with van der Waals surface area (Å²) in [6, 6.07) is 2.50. The maximum atomic E-state index is 12.0. The molecule has 1 saturated heterocycles. The highest BCUT2D eigenvalue weighted by molar-refractivity contribution is 5.81. The molecule has 82 valence electrons. The van der Waals surface area contributed by atoms with Gasteiger partial charge in [-0.05, 0) is 38.5 Å². The molecule has 0 radical (unpaired) electrons. The van der Waals surface area contributed by atoms with Gasteiger partial charge >= 0.3 is 0 Å². The fourth-order valence-electron chi connectivity index (χ4n) is 3.03. The smallest absolute Gasteiger partial charge is 0.239 e. The SMILES string of the molecule is CC(C#N)C(=O)N1CCCC2CCCC21. The van der Waals surface area contributed by atoms with E-state index in [-0.39, 0.29) is 5.91 Å². The minimum atomic E-state index is -0.468. The average molecular weight is 206 g/mol. The lowest BCUT2D eigenvalue weighted by Crippen LogP contribution is -2.47. The first-order chi connectivity index (χ1) is 7.24. The number of amides is 1. The van der Waals surface area contributed by atoms with Gasteiger partial charge in [0, 0.05) is 12.6 Å². The topological polar surface area (TPSA) is 44.1 Å². The van der Waals surface area contributed by atoms with Crippen molar-refractivity contribution in [1.29, 1.82) is 5.26 Å². The number of likely N-dealkylation sites (tertiary alicyclic amines) is 1. The van der Waals surface area contributed by atoms with Crippen LogP contribution < -0.4 is 0 Å². The van der Waals surface area contributed by atoms with Crippen molar-refractivity contribution < 1.29 is 4.79 Å². The summed E-state index contributed by atoms with van der Waals surface area (Å²) in [5.41, 5.74) is 0. The quantitative estimate of drug-likeness (QED) is 0.658. The van der Waals surface area contributed by atoms with Gasteiger partial charge in [-0.3, -0.25) is 4.79 Å². The van der Waals surface area contributed by atoms with Crippen LogP contribution in [0.25, 0.3) is 0 Å². The molecule has 0 aromatic heterocycles. The highest BCUT2D eigenvalue weighted by Gasteiger charge is 2.38. The van der Waals surface area contributed by atoms with Crippen LogP contribution in [0.5, 0.6) is 0 Å². The number of rotatable bonds is 1. The molecule has 0 aromatic carbocycles. The van der Waals surface area contributed by atoms with Crippen molar-refractivity contribution in [1.82, 2.24) is 4.90 Å².